The Labute approximate surface area is 145 Å². The third-order valence-electron chi connectivity index (χ3n) is 4.62. The minimum absolute atomic E-state index is 0.0938. The van der Waals surface area contributed by atoms with Crippen LogP contribution in [0.4, 0.5) is 5.69 Å². The molecule has 1 fully saturated rings. The van der Waals surface area contributed by atoms with E-state index in [4.69, 9.17) is 4.74 Å². The average Bonchev–Trinajstić information content (AvgIpc) is 2.54. The number of carboxylic acid groups (broad SMARTS) is 1. The van der Waals surface area contributed by atoms with E-state index in [9.17, 15) is 24.8 Å². The van der Waals surface area contributed by atoms with Crippen LogP contribution in [0.2, 0.25) is 0 Å². The summed E-state index contributed by atoms with van der Waals surface area (Å²) in [6.07, 6.45) is 2.67. The second-order valence-electron chi connectivity index (χ2n) is 6.38. The highest BCUT2D eigenvalue weighted by Crippen LogP contribution is 2.34. The molecule has 0 aromatic heterocycles. The number of carbonyl (C=O) groups excluding carboxylic acids is 1. The first-order valence-electron chi connectivity index (χ1n) is 8.25. The second-order valence-corrected chi connectivity index (χ2v) is 6.38. The lowest BCUT2D eigenvalue weighted by Crippen LogP contribution is -2.55. The topological polar surface area (TPSA) is 119 Å². The zero-order chi connectivity index (χ0) is 18.6. The second kappa shape index (κ2) is 7.50. The average molecular weight is 350 g/mol. The van der Waals surface area contributed by atoms with Crippen LogP contribution in [0.25, 0.3) is 0 Å². The molecule has 0 bridgehead atoms. The first kappa shape index (κ1) is 18.7. The summed E-state index contributed by atoms with van der Waals surface area (Å²) in [4.78, 5) is 34.6. The van der Waals surface area contributed by atoms with Gasteiger partial charge in [-0.3, -0.25) is 19.7 Å². The summed E-state index contributed by atoms with van der Waals surface area (Å²) >= 11 is 0. The number of ether oxygens (including phenoxy) is 1. The lowest BCUT2D eigenvalue weighted by molar-refractivity contribution is -0.385. The molecule has 1 saturated carbocycles. The Morgan fingerprint density at radius 3 is 2.76 bits per heavy atom. The highest BCUT2D eigenvalue weighted by atomic mass is 16.6. The molecule has 1 aromatic rings. The molecular weight excluding hydrogens is 328 g/mol. The largest absolute Gasteiger partial charge is 0.487 e. The number of nitrogens with one attached hydrogen (secondary N) is 1. The SMILES string of the molecule is CCOc1ccc(C(=O)NC2(C)CCCCC2C(=O)O)cc1[N+](=O)[O-]. The van der Waals surface area contributed by atoms with Crippen LogP contribution in [-0.4, -0.2) is 34.1 Å². The predicted molar refractivity (Wildman–Crippen MR) is 89.7 cm³/mol. The van der Waals surface area contributed by atoms with Gasteiger partial charge in [0.15, 0.2) is 5.75 Å². The summed E-state index contributed by atoms with van der Waals surface area (Å²) in [6, 6.07) is 3.98. The summed E-state index contributed by atoms with van der Waals surface area (Å²) in [6.45, 7) is 3.69. The lowest BCUT2D eigenvalue weighted by atomic mass is 9.73. The van der Waals surface area contributed by atoms with Crippen LogP contribution in [0.1, 0.15) is 49.9 Å². The first-order valence-corrected chi connectivity index (χ1v) is 8.25. The van der Waals surface area contributed by atoms with Crippen LogP contribution in [0.5, 0.6) is 5.75 Å². The van der Waals surface area contributed by atoms with Crippen molar-refractivity contribution in [2.24, 2.45) is 5.92 Å². The fourth-order valence-corrected chi connectivity index (χ4v) is 3.29. The molecule has 2 rings (SSSR count). The third-order valence-corrected chi connectivity index (χ3v) is 4.62. The summed E-state index contributed by atoms with van der Waals surface area (Å²) in [7, 11) is 0. The van der Waals surface area contributed by atoms with E-state index in [1.165, 1.54) is 12.1 Å². The van der Waals surface area contributed by atoms with Gasteiger partial charge in [-0.15, -0.1) is 0 Å². The maximum Gasteiger partial charge on any atom is 0.311 e. The van der Waals surface area contributed by atoms with Crippen LogP contribution in [-0.2, 0) is 4.79 Å². The molecule has 0 spiro atoms. The van der Waals surface area contributed by atoms with Crippen LogP contribution in [0.3, 0.4) is 0 Å². The molecule has 1 aliphatic carbocycles. The van der Waals surface area contributed by atoms with Crippen molar-refractivity contribution >= 4 is 17.6 Å². The van der Waals surface area contributed by atoms with Gasteiger partial charge in [-0.2, -0.15) is 0 Å². The standard InChI is InChI=1S/C17H22N2O6/c1-3-25-14-8-7-11(10-13(14)19(23)24)15(20)18-17(2)9-5-4-6-12(17)16(21)22/h7-8,10,12H,3-6,9H2,1-2H3,(H,18,20)(H,21,22). The summed E-state index contributed by atoms with van der Waals surface area (Å²) in [5, 5.41) is 23.4. The maximum absolute atomic E-state index is 12.6. The Bertz CT molecular complexity index is 690. The van der Waals surface area contributed by atoms with Gasteiger partial charge >= 0.3 is 11.7 Å². The number of carbonyl (C=O) groups is 2. The number of hydrogen-bond acceptors (Lipinski definition) is 5. The Hall–Kier alpha value is -2.64. The molecule has 25 heavy (non-hydrogen) atoms. The minimum atomic E-state index is -0.944. The molecule has 0 saturated heterocycles. The van der Waals surface area contributed by atoms with E-state index in [2.05, 4.69) is 5.32 Å². The van der Waals surface area contributed by atoms with Gasteiger partial charge in [0.2, 0.25) is 0 Å². The lowest BCUT2D eigenvalue weighted by Gasteiger charge is -2.39. The smallest absolute Gasteiger partial charge is 0.311 e. The molecule has 8 nitrogen and oxygen atoms in total. The summed E-state index contributed by atoms with van der Waals surface area (Å²) < 4.78 is 5.20. The molecule has 1 aliphatic rings. The van der Waals surface area contributed by atoms with Crippen molar-refractivity contribution in [1.82, 2.24) is 5.32 Å². The summed E-state index contributed by atoms with van der Waals surface area (Å²) in [5.74, 6) is -2.05. The molecule has 136 valence electrons. The molecule has 0 radical (unpaired) electrons. The van der Waals surface area contributed by atoms with E-state index in [1.54, 1.807) is 13.8 Å². The number of hydrogen-bond donors (Lipinski definition) is 2. The van der Waals surface area contributed by atoms with Gasteiger partial charge < -0.3 is 15.2 Å². The zero-order valence-corrected chi connectivity index (χ0v) is 14.3. The number of benzene rings is 1. The molecular formula is C17H22N2O6. The van der Waals surface area contributed by atoms with Crippen LogP contribution in [0.15, 0.2) is 18.2 Å². The molecule has 1 amide bonds. The first-order chi connectivity index (χ1) is 11.8. The van der Waals surface area contributed by atoms with E-state index in [0.717, 1.165) is 18.9 Å². The molecule has 1 aromatic carbocycles. The van der Waals surface area contributed by atoms with E-state index >= 15 is 0 Å². The highest BCUT2D eigenvalue weighted by molar-refractivity contribution is 5.96. The Balaban J connectivity index is 2.26. The van der Waals surface area contributed by atoms with Crippen molar-refractivity contribution in [2.75, 3.05) is 6.61 Å². The highest BCUT2D eigenvalue weighted by Gasteiger charge is 2.42. The zero-order valence-electron chi connectivity index (χ0n) is 14.3. The van der Waals surface area contributed by atoms with E-state index in [0.29, 0.717) is 12.8 Å². The van der Waals surface area contributed by atoms with Crippen molar-refractivity contribution in [3.8, 4) is 5.75 Å². The van der Waals surface area contributed by atoms with Gasteiger partial charge in [-0.05, 0) is 38.8 Å². The third kappa shape index (κ3) is 4.07. The van der Waals surface area contributed by atoms with Gasteiger partial charge in [0.25, 0.3) is 5.91 Å². The number of amides is 1. The quantitative estimate of drug-likeness (QED) is 0.601. The number of nitro benzene ring substituents is 1. The van der Waals surface area contributed by atoms with Crippen molar-refractivity contribution < 1.29 is 24.4 Å². The molecule has 0 heterocycles. The molecule has 2 atom stereocenters. The van der Waals surface area contributed by atoms with Crippen LogP contribution >= 0.6 is 0 Å². The molecule has 0 aliphatic heterocycles. The van der Waals surface area contributed by atoms with Crippen LogP contribution < -0.4 is 10.1 Å². The summed E-state index contributed by atoms with van der Waals surface area (Å²) in [5.41, 5.74) is -1.07. The molecule has 2 N–H and O–H groups in total. The maximum atomic E-state index is 12.6. The van der Waals surface area contributed by atoms with Gasteiger partial charge in [0, 0.05) is 11.6 Å². The number of nitrogens with zero attached hydrogens (tertiary/aromatic N) is 1. The normalized spacial score (nSPS) is 22.9. The van der Waals surface area contributed by atoms with Crippen molar-refractivity contribution in [3.05, 3.63) is 33.9 Å². The van der Waals surface area contributed by atoms with Crippen molar-refractivity contribution in [3.63, 3.8) is 0 Å². The van der Waals surface area contributed by atoms with Gasteiger partial charge in [-0.25, -0.2) is 0 Å². The molecule has 2 unspecified atom stereocenters. The van der Waals surface area contributed by atoms with E-state index < -0.39 is 28.3 Å². The number of aliphatic carboxylic acids is 1. The molecule has 8 heteroatoms. The fourth-order valence-electron chi connectivity index (χ4n) is 3.29. The van der Waals surface area contributed by atoms with Gasteiger partial charge in [-0.1, -0.05) is 12.8 Å². The van der Waals surface area contributed by atoms with Gasteiger partial charge in [0.05, 0.1) is 23.0 Å². The Morgan fingerprint density at radius 2 is 2.16 bits per heavy atom. The number of nitro groups is 1. The van der Waals surface area contributed by atoms with Crippen LogP contribution in [0, 0.1) is 16.0 Å². The Morgan fingerprint density at radius 1 is 1.44 bits per heavy atom. The number of carboxylic acids is 1. The van der Waals surface area contributed by atoms with Crippen molar-refractivity contribution in [2.45, 2.75) is 45.1 Å². The Kier molecular flexibility index (Phi) is 5.61. The van der Waals surface area contributed by atoms with Crippen molar-refractivity contribution in [1.29, 1.82) is 0 Å². The monoisotopic (exact) mass is 350 g/mol. The van der Waals surface area contributed by atoms with Gasteiger partial charge in [0.1, 0.15) is 0 Å². The predicted octanol–water partition coefficient (Wildman–Crippen LogP) is 2.76. The fraction of sp³-hybridized carbons (Fsp3) is 0.529. The van der Waals surface area contributed by atoms with E-state index in [-0.39, 0.29) is 23.6 Å². The number of rotatable bonds is 6. The minimum Gasteiger partial charge on any atom is -0.487 e. The van der Waals surface area contributed by atoms with E-state index in [1.807, 2.05) is 0 Å².